The highest BCUT2D eigenvalue weighted by molar-refractivity contribution is 5.98. The number of amides is 1. The lowest BCUT2D eigenvalue weighted by molar-refractivity contribution is -0.141. The number of carboxylic acids is 1. The number of nitrogens with zero attached hydrogens (tertiary/aromatic N) is 1. The zero-order chi connectivity index (χ0) is 15.8. The second kappa shape index (κ2) is 5.36. The first-order valence-corrected chi connectivity index (χ1v) is 6.10. The maximum Gasteiger partial charge on any atom is 0.417 e. The van der Waals surface area contributed by atoms with Crippen molar-refractivity contribution in [3.8, 4) is 0 Å². The van der Waals surface area contributed by atoms with Crippen molar-refractivity contribution in [2.75, 3.05) is 6.54 Å². The van der Waals surface area contributed by atoms with Gasteiger partial charge in [-0.15, -0.1) is 0 Å². The van der Waals surface area contributed by atoms with E-state index in [9.17, 15) is 27.9 Å². The van der Waals surface area contributed by atoms with Gasteiger partial charge in [0.05, 0.1) is 17.2 Å². The van der Waals surface area contributed by atoms with E-state index in [1.807, 2.05) is 0 Å². The number of rotatable bonds is 2. The van der Waals surface area contributed by atoms with Crippen LogP contribution in [0.4, 0.5) is 13.2 Å². The zero-order valence-corrected chi connectivity index (χ0v) is 10.7. The monoisotopic (exact) mass is 303 g/mol. The first-order chi connectivity index (χ1) is 9.71. The predicted molar refractivity (Wildman–Crippen MR) is 64.5 cm³/mol. The predicted octanol–water partition coefficient (Wildman–Crippen LogP) is 1.37. The molecule has 0 radical (unpaired) electrons. The summed E-state index contributed by atoms with van der Waals surface area (Å²) in [4.78, 5) is 24.0. The Balaban J connectivity index is 2.39. The summed E-state index contributed by atoms with van der Waals surface area (Å²) < 4.78 is 38.7. The van der Waals surface area contributed by atoms with E-state index in [1.54, 1.807) is 0 Å². The molecule has 1 unspecified atom stereocenters. The van der Waals surface area contributed by atoms with Gasteiger partial charge >= 0.3 is 12.1 Å². The number of halogens is 3. The van der Waals surface area contributed by atoms with E-state index in [4.69, 9.17) is 5.11 Å². The molecule has 1 aromatic carbocycles. The second-order valence-corrected chi connectivity index (χ2v) is 4.74. The molecule has 0 aromatic heterocycles. The van der Waals surface area contributed by atoms with Gasteiger partial charge in [0.2, 0.25) is 0 Å². The number of aliphatic hydroxyl groups is 1. The van der Waals surface area contributed by atoms with Gasteiger partial charge in [-0.3, -0.25) is 4.79 Å². The van der Waals surface area contributed by atoms with Gasteiger partial charge in [-0.25, -0.2) is 4.79 Å². The SMILES string of the molecule is O=C(O)[C@@H]1CC(O)CN1C(=O)c1ccccc1C(F)(F)F. The Bertz CT molecular complexity index is 573. The van der Waals surface area contributed by atoms with Crippen LogP contribution in [0.2, 0.25) is 0 Å². The maximum atomic E-state index is 12.9. The summed E-state index contributed by atoms with van der Waals surface area (Å²) in [7, 11) is 0. The topological polar surface area (TPSA) is 77.8 Å². The minimum absolute atomic E-state index is 0.199. The molecule has 1 aromatic rings. The average Bonchev–Trinajstić information content (AvgIpc) is 2.79. The lowest BCUT2D eigenvalue weighted by Gasteiger charge is -2.23. The number of alkyl halides is 3. The number of carbonyl (C=O) groups excluding carboxylic acids is 1. The zero-order valence-electron chi connectivity index (χ0n) is 10.7. The molecule has 1 aliphatic heterocycles. The summed E-state index contributed by atoms with van der Waals surface area (Å²) in [5, 5.41) is 18.5. The van der Waals surface area contributed by atoms with Crippen molar-refractivity contribution in [3.05, 3.63) is 35.4 Å². The number of β-amino-alcohol motifs (C(OH)–C–C–N with tert-alkyl or cyclic N) is 1. The fraction of sp³-hybridized carbons (Fsp3) is 0.385. The molecule has 0 aliphatic carbocycles. The van der Waals surface area contributed by atoms with Crippen molar-refractivity contribution in [1.82, 2.24) is 4.90 Å². The molecule has 1 fully saturated rings. The lowest BCUT2D eigenvalue weighted by atomic mass is 10.1. The minimum Gasteiger partial charge on any atom is -0.480 e. The number of benzene rings is 1. The molecule has 114 valence electrons. The van der Waals surface area contributed by atoms with Crippen LogP contribution in [0, 0.1) is 0 Å². The highest BCUT2D eigenvalue weighted by atomic mass is 19.4. The highest BCUT2D eigenvalue weighted by Gasteiger charge is 2.42. The quantitative estimate of drug-likeness (QED) is 0.865. The van der Waals surface area contributed by atoms with Crippen molar-refractivity contribution in [2.24, 2.45) is 0 Å². The smallest absolute Gasteiger partial charge is 0.417 e. The van der Waals surface area contributed by atoms with Gasteiger partial charge in [0.1, 0.15) is 6.04 Å². The third kappa shape index (κ3) is 2.99. The van der Waals surface area contributed by atoms with Crippen LogP contribution in [0.25, 0.3) is 0 Å². The van der Waals surface area contributed by atoms with Crippen molar-refractivity contribution >= 4 is 11.9 Å². The van der Waals surface area contributed by atoms with Gasteiger partial charge in [-0.2, -0.15) is 13.2 Å². The lowest BCUT2D eigenvalue weighted by Crippen LogP contribution is -2.41. The fourth-order valence-electron chi connectivity index (χ4n) is 2.34. The first-order valence-electron chi connectivity index (χ1n) is 6.10. The van der Waals surface area contributed by atoms with Gasteiger partial charge in [-0.1, -0.05) is 12.1 Å². The molecule has 0 saturated carbocycles. The van der Waals surface area contributed by atoms with Crippen molar-refractivity contribution in [2.45, 2.75) is 24.7 Å². The standard InChI is InChI=1S/C13H12F3NO4/c14-13(15,16)9-4-2-1-3-8(9)11(19)17-6-7(18)5-10(17)12(20)21/h1-4,7,10,18H,5-6H2,(H,20,21)/t7?,10-/m0/s1. The summed E-state index contributed by atoms with van der Waals surface area (Å²) in [6.07, 6.45) is -5.98. The van der Waals surface area contributed by atoms with Gasteiger partial charge in [-0.05, 0) is 12.1 Å². The molecule has 1 saturated heterocycles. The molecular formula is C13H12F3NO4. The average molecular weight is 303 g/mol. The summed E-state index contributed by atoms with van der Waals surface area (Å²) in [6, 6.07) is 2.84. The fourth-order valence-corrected chi connectivity index (χ4v) is 2.34. The Kier molecular flexibility index (Phi) is 3.91. The minimum atomic E-state index is -4.72. The molecule has 1 aliphatic rings. The number of hydrogen-bond donors (Lipinski definition) is 2. The summed E-state index contributed by atoms with van der Waals surface area (Å²) in [5.41, 5.74) is -1.74. The summed E-state index contributed by atoms with van der Waals surface area (Å²) >= 11 is 0. The van der Waals surface area contributed by atoms with Gasteiger partial charge in [0, 0.05) is 13.0 Å². The molecule has 0 spiro atoms. The number of aliphatic hydroxyl groups excluding tert-OH is 1. The van der Waals surface area contributed by atoms with Crippen LogP contribution in [-0.4, -0.2) is 45.7 Å². The summed E-state index contributed by atoms with van der Waals surface area (Å²) in [6.45, 7) is -0.304. The Morgan fingerprint density at radius 1 is 1.24 bits per heavy atom. The maximum absolute atomic E-state index is 12.9. The molecule has 2 rings (SSSR count). The molecular weight excluding hydrogens is 291 g/mol. The van der Waals surface area contributed by atoms with E-state index < -0.39 is 41.3 Å². The number of hydrogen-bond acceptors (Lipinski definition) is 3. The van der Waals surface area contributed by atoms with Crippen LogP contribution in [0.3, 0.4) is 0 Å². The van der Waals surface area contributed by atoms with Crippen LogP contribution in [0.5, 0.6) is 0 Å². The normalized spacial score (nSPS) is 22.4. The van der Waals surface area contributed by atoms with E-state index >= 15 is 0 Å². The van der Waals surface area contributed by atoms with Crippen LogP contribution in [0.1, 0.15) is 22.3 Å². The van der Waals surface area contributed by atoms with E-state index in [-0.39, 0.29) is 13.0 Å². The van der Waals surface area contributed by atoms with Gasteiger partial charge < -0.3 is 15.1 Å². The molecule has 8 heteroatoms. The highest BCUT2D eigenvalue weighted by Crippen LogP contribution is 2.33. The van der Waals surface area contributed by atoms with Crippen molar-refractivity contribution < 1.29 is 33.0 Å². The van der Waals surface area contributed by atoms with Crippen LogP contribution in [-0.2, 0) is 11.0 Å². The number of carbonyl (C=O) groups is 2. The van der Waals surface area contributed by atoms with E-state index in [0.717, 1.165) is 23.1 Å². The van der Waals surface area contributed by atoms with Crippen LogP contribution >= 0.6 is 0 Å². The van der Waals surface area contributed by atoms with Gasteiger partial charge in [0.15, 0.2) is 0 Å². The van der Waals surface area contributed by atoms with Crippen molar-refractivity contribution in [1.29, 1.82) is 0 Å². The van der Waals surface area contributed by atoms with Crippen molar-refractivity contribution in [3.63, 3.8) is 0 Å². The summed E-state index contributed by atoms with van der Waals surface area (Å²) in [5.74, 6) is -2.41. The van der Waals surface area contributed by atoms with Crippen LogP contribution in [0.15, 0.2) is 24.3 Å². The molecule has 1 amide bonds. The van der Waals surface area contributed by atoms with E-state index in [0.29, 0.717) is 0 Å². The molecule has 1 heterocycles. The Labute approximate surface area is 117 Å². The first kappa shape index (κ1) is 15.3. The van der Waals surface area contributed by atoms with Crippen LogP contribution < -0.4 is 0 Å². The number of carboxylic acid groups (broad SMARTS) is 1. The van der Waals surface area contributed by atoms with Gasteiger partial charge in [0.25, 0.3) is 5.91 Å². The number of likely N-dealkylation sites (tertiary alicyclic amines) is 1. The molecule has 2 atom stereocenters. The Morgan fingerprint density at radius 2 is 1.86 bits per heavy atom. The third-order valence-corrected chi connectivity index (χ3v) is 3.29. The van der Waals surface area contributed by atoms with E-state index in [1.165, 1.54) is 6.07 Å². The second-order valence-electron chi connectivity index (χ2n) is 4.74. The van der Waals surface area contributed by atoms with E-state index in [2.05, 4.69) is 0 Å². The number of aliphatic carboxylic acids is 1. The molecule has 0 bridgehead atoms. The molecule has 21 heavy (non-hydrogen) atoms. The molecule has 2 N–H and O–H groups in total. The Hall–Kier alpha value is -2.09. The molecule has 5 nitrogen and oxygen atoms in total. The third-order valence-electron chi connectivity index (χ3n) is 3.29. The Morgan fingerprint density at radius 3 is 2.43 bits per heavy atom. The largest absolute Gasteiger partial charge is 0.480 e.